The lowest BCUT2D eigenvalue weighted by atomic mass is 10.1. The van der Waals surface area contributed by atoms with Crippen molar-refractivity contribution in [3.05, 3.63) is 20.3 Å². The first kappa shape index (κ1) is 10.9. The highest BCUT2D eigenvalue weighted by Crippen LogP contribution is 2.38. The molecule has 14 heavy (non-hydrogen) atoms. The number of halogens is 2. The lowest BCUT2D eigenvalue weighted by molar-refractivity contribution is 0.108. The monoisotopic (exact) mass is 294 g/mol. The quantitative estimate of drug-likeness (QED) is 0.740. The van der Waals surface area contributed by atoms with E-state index < -0.39 is 0 Å². The van der Waals surface area contributed by atoms with Crippen LogP contribution in [0.2, 0.25) is 0 Å². The van der Waals surface area contributed by atoms with Crippen LogP contribution >= 0.6 is 38.9 Å². The van der Waals surface area contributed by atoms with Crippen molar-refractivity contribution < 1.29 is 4.74 Å². The van der Waals surface area contributed by atoms with Crippen molar-refractivity contribution in [1.82, 2.24) is 0 Å². The van der Waals surface area contributed by atoms with Gasteiger partial charge in [-0.3, -0.25) is 0 Å². The van der Waals surface area contributed by atoms with E-state index in [9.17, 15) is 0 Å². The van der Waals surface area contributed by atoms with Crippen LogP contribution in [-0.4, -0.2) is 12.7 Å². The van der Waals surface area contributed by atoms with Crippen molar-refractivity contribution in [1.29, 1.82) is 0 Å². The summed E-state index contributed by atoms with van der Waals surface area (Å²) < 4.78 is 6.73. The van der Waals surface area contributed by atoms with Crippen molar-refractivity contribution in [3.63, 3.8) is 0 Å². The van der Waals surface area contributed by atoms with Gasteiger partial charge in [0.05, 0.1) is 11.5 Å². The second kappa shape index (κ2) is 4.52. The average molecular weight is 296 g/mol. The van der Waals surface area contributed by atoms with Gasteiger partial charge in [-0.25, -0.2) is 0 Å². The molecular weight excluding hydrogens is 284 g/mol. The van der Waals surface area contributed by atoms with Crippen LogP contribution in [0.3, 0.4) is 0 Å². The molecule has 1 aromatic heterocycles. The molecule has 2 unspecified atom stereocenters. The summed E-state index contributed by atoms with van der Waals surface area (Å²) in [6.07, 6.45) is 2.43. The number of aryl methyl sites for hydroxylation is 1. The summed E-state index contributed by atoms with van der Waals surface area (Å²) in [5.41, 5.74) is 0. The van der Waals surface area contributed by atoms with E-state index in [1.807, 2.05) is 0 Å². The lowest BCUT2D eigenvalue weighted by Gasteiger charge is -2.14. The Hall–Kier alpha value is 0.430. The highest BCUT2D eigenvalue weighted by Gasteiger charge is 2.26. The number of thiophene rings is 1. The number of hydrogen-bond donors (Lipinski definition) is 0. The van der Waals surface area contributed by atoms with Crippen molar-refractivity contribution in [2.24, 2.45) is 0 Å². The summed E-state index contributed by atoms with van der Waals surface area (Å²) in [5.74, 6) is 0. The lowest BCUT2D eigenvalue weighted by Crippen LogP contribution is -2.11. The zero-order chi connectivity index (χ0) is 10.1. The SMILES string of the molecule is Cc1sc(C(Cl)C2CCCO2)cc1Br. The van der Waals surface area contributed by atoms with E-state index >= 15 is 0 Å². The number of alkyl halides is 1. The molecule has 78 valence electrons. The molecule has 1 nitrogen and oxygen atoms in total. The van der Waals surface area contributed by atoms with Crippen molar-refractivity contribution >= 4 is 38.9 Å². The van der Waals surface area contributed by atoms with E-state index in [1.165, 1.54) is 9.75 Å². The molecule has 2 heterocycles. The zero-order valence-electron chi connectivity index (χ0n) is 7.93. The Morgan fingerprint density at radius 1 is 1.71 bits per heavy atom. The minimum Gasteiger partial charge on any atom is -0.376 e. The first-order valence-electron chi connectivity index (χ1n) is 4.70. The van der Waals surface area contributed by atoms with E-state index in [4.69, 9.17) is 16.3 Å². The number of hydrogen-bond acceptors (Lipinski definition) is 2. The Bertz CT molecular complexity index is 300. The molecule has 4 heteroatoms. The van der Waals surface area contributed by atoms with Gasteiger partial charge in [-0.1, -0.05) is 0 Å². The molecule has 0 N–H and O–H groups in total. The second-order valence-corrected chi connectivity index (χ2v) is 6.12. The molecule has 1 aromatic rings. The Kier molecular flexibility index (Phi) is 3.53. The largest absolute Gasteiger partial charge is 0.376 e. The molecule has 1 saturated heterocycles. The van der Waals surface area contributed by atoms with Crippen LogP contribution < -0.4 is 0 Å². The van der Waals surface area contributed by atoms with Crippen molar-refractivity contribution in [2.75, 3.05) is 6.61 Å². The summed E-state index contributed by atoms with van der Waals surface area (Å²) in [5, 5.41) is 0.0208. The molecule has 0 aliphatic carbocycles. The number of rotatable bonds is 2. The van der Waals surface area contributed by atoms with Gasteiger partial charge >= 0.3 is 0 Å². The van der Waals surface area contributed by atoms with Gasteiger partial charge in [-0.05, 0) is 41.8 Å². The summed E-state index contributed by atoms with van der Waals surface area (Å²) in [6, 6.07) is 2.11. The van der Waals surface area contributed by atoms with E-state index in [2.05, 4.69) is 28.9 Å². The van der Waals surface area contributed by atoms with Gasteiger partial charge in [0, 0.05) is 20.8 Å². The highest BCUT2D eigenvalue weighted by molar-refractivity contribution is 9.10. The zero-order valence-corrected chi connectivity index (χ0v) is 11.1. The van der Waals surface area contributed by atoms with Gasteiger partial charge < -0.3 is 4.74 Å². The Labute approximate surface area is 102 Å². The predicted octanol–water partition coefficient (Wildman–Crippen LogP) is 4.28. The van der Waals surface area contributed by atoms with Crippen LogP contribution in [-0.2, 0) is 4.74 Å². The molecule has 2 atom stereocenters. The summed E-state index contributed by atoms with van der Waals surface area (Å²) >= 11 is 11.6. The fourth-order valence-corrected chi connectivity index (χ4v) is 3.62. The van der Waals surface area contributed by atoms with E-state index in [-0.39, 0.29) is 11.5 Å². The average Bonchev–Trinajstić information content (AvgIpc) is 2.76. The highest BCUT2D eigenvalue weighted by atomic mass is 79.9. The maximum atomic E-state index is 6.36. The van der Waals surface area contributed by atoms with E-state index in [1.54, 1.807) is 11.3 Å². The Morgan fingerprint density at radius 3 is 3.00 bits per heavy atom. The van der Waals surface area contributed by atoms with Crippen molar-refractivity contribution in [3.8, 4) is 0 Å². The molecule has 1 fully saturated rings. The van der Waals surface area contributed by atoms with Crippen LogP contribution in [0.4, 0.5) is 0 Å². The molecule has 0 radical (unpaired) electrons. The smallest absolute Gasteiger partial charge is 0.0940 e. The predicted molar refractivity (Wildman–Crippen MR) is 64.3 cm³/mol. The molecule has 2 rings (SSSR count). The number of ether oxygens (including phenoxy) is 1. The standard InChI is InChI=1S/C10H12BrClOS/c1-6-7(11)5-9(14-6)10(12)8-3-2-4-13-8/h5,8,10H,2-4H2,1H3. The molecule has 1 aliphatic rings. The van der Waals surface area contributed by atoms with Crippen molar-refractivity contribution in [2.45, 2.75) is 31.2 Å². The molecule has 0 saturated carbocycles. The van der Waals surface area contributed by atoms with Gasteiger partial charge in [0.2, 0.25) is 0 Å². The molecule has 0 amide bonds. The molecule has 0 aromatic carbocycles. The Morgan fingerprint density at radius 2 is 2.50 bits per heavy atom. The van der Waals surface area contributed by atoms with E-state index in [0.717, 1.165) is 23.9 Å². The molecule has 1 aliphatic heterocycles. The first-order valence-corrected chi connectivity index (χ1v) is 6.74. The fraction of sp³-hybridized carbons (Fsp3) is 0.600. The minimum atomic E-state index is 0.0208. The van der Waals surface area contributed by atoms with Gasteiger partial charge in [0.25, 0.3) is 0 Å². The van der Waals surface area contributed by atoms with Gasteiger partial charge in [-0.15, -0.1) is 22.9 Å². The maximum absolute atomic E-state index is 6.36. The third-order valence-corrected chi connectivity index (χ3v) is 5.30. The van der Waals surface area contributed by atoms with Gasteiger partial charge in [0.15, 0.2) is 0 Å². The first-order chi connectivity index (χ1) is 6.68. The van der Waals surface area contributed by atoms with E-state index in [0.29, 0.717) is 0 Å². The molecular formula is C10H12BrClOS. The third-order valence-electron chi connectivity index (χ3n) is 2.44. The summed E-state index contributed by atoms with van der Waals surface area (Å²) in [4.78, 5) is 2.49. The fourth-order valence-electron chi connectivity index (χ4n) is 1.63. The Balaban J connectivity index is 2.13. The summed E-state index contributed by atoms with van der Waals surface area (Å²) in [7, 11) is 0. The van der Waals surface area contributed by atoms with Crippen LogP contribution in [0.1, 0.15) is 28.0 Å². The topological polar surface area (TPSA) is 9.23 Å². The second-order valence-electron chi connectivity index (χ2n) is 3.51. The van der Waals surface area contributed by atoms with Crippen LogP contribution in [0.15, 0.2) is 10.5 Å². The third kappa shape index (κ3) is 2.16. The molecule has 0 bridgehead atoms. The van der Waals surface area contributed by atoms with Crippen LogP contribution in [0.25, 0.3) is 0 Å². The normalized spacial score (nSPS) is 24.1. The van der Waals surface area contributed by atoms with Crippen LogP contribution in [0.5, 0.6) is 0 Å². The minimum absolute atomic E-state index is 0.0208. The molecule has 0 spiro atoms. The summed E-state index contributed by atoms with van der Waals surface area (Å²) in [6.45, 7) is 2.96. The maximum Gasteiger partial charge on any atom is 0.0940 e. The van der Waals surface area contributed by atoms with Crippen LogP contribution in [0, 0.1) is 6.92 Å². The van der Waals surface area contributed by atoms with Gasteiger partial charge in [-0.2, -0.15) is 0 Å². The van der Waals surface area contributed by atoms with Gasteiger partial charge in [0.1, 0.15) is 0 Å².